The van der Waals surface area contributed by atoms with E-state index in [2.05, 4.69) is 27.1 Å². The van der Waals surface area contributed by atoms with Gasteiger partial charge in [-0.05, 0) is 22.0 Å². The maximum Gasteiger partial charge on any atom is 0.144 e. The number of halogens is 1. The van der Waals surface area contributed by atoms with Crippen molar-refractivity contribution < 1.29 is 4.74 Å². The van der Waals surface area contributed by atoms with Gasteiger partial charge < -0.3 is 4.74 Å². The van der Waals surface area contributed by atoms with Crippen molar-refractivity contribution in [1.29, 1.82) is 0 Å². The average Bonchev–Trinajstić information content (AvgIpc) is 2.44. The van der Waals surface area contributed by atoms with E-state index in [4.69, 9.17) is 12.6 Å². The Morgan fingerprint density at radius 3 is 3.25 bits per heavy atom. The highest BCUT2D eigenvalue weighted by Crippen LogP contribution is 2.27. The SMILES string of the molecule is [B]c1nn(PI)c2c1COCC2. The van der Waals surface area contributed by atoms with E-state index in [0.717, 1.165) is 18.6 Å². The van der Waals surface area contributed by atoms with E-state index in [0.29, 0.717) is 18.6 Å². The first kappa shape index (κ1) is 8.97. The first-order valence-electron chi connectivity index (χ1n) is 3.63. The van der Waals surface area contributed by atoms with Crippen LogP contribution >= 0.6 is 28.4 Å². The second kappa shape index (κ2) is 3.64. The van der Waals surface area contributed by atoms with Gasteiger partial charge in [-0.25, -0.2) is 4.45 Å². The zero-order chi connectivity index (χ0) is 8.55. The first-order valence-corrected chi connectivity index (χ1v) is 7.69. The molecular weight excluding hydrogens is 285 g/mol. The number of hydrogen-bond acceptors (Lipinski definition) is 2. The second-order valence-corrected chi connectivity index (χ2v) is 4.65. The fourth-order valence-electron chi connectivity index (χ4n) is 1.33. The highest BCUT2D eigenvalue weighted by Gasteiger charge is 2.17. The number of aromatic nitrogens is 2. The van der Waals surface area contributed by atoms with Crippen molar-refractivity contribution in [1.82, 2.24) is 9.55 Å². The van der Waals surface area contributed by atoms with Crippen molar-refractivity contribution in [2.24, 2.45) is 0 Å². The molecule has 1 unspecified atom stereocenters. The van der Waals surface area contributed by atoms with E-state index in [1.165, 1.54) is 5.69 Å². The largest absolute Gasteiger partial charge is 0.376 e. The molecule has 1 aliphatic heterocycles. The van der Waals surface area contributed by atoms with E-state index in [1.54, 1.807) is 0 Å². The van der Waals surface area contributed by atoms with Gasteiger partial charge in [0.25, 0.3) is 0 Å². The van der Waals surface area contributed by atoms with Crippen LogP contribution in [0.3, 0.4) is 0 Å². The van der Waals surface area contributed by atoms with Crippen molar-refractivity contribution in [2.75, 3.05) is 6.61 Å². The number of hydrogen-bond donors (Lipinski definition) is 0. The van der Waals surface area contributed by atoms with Crippen LogP contribution < -0.4 is 5.59 Å². The molecule has 1 aromatic rings. The molecule has 62 valence electrons. The summed E-state index contributed by atoms with van der Waals surface area (Å²) in [6.07, 6.45) is 1.57. The lowest BCUT2D eigenvalue weighted by atomic mass is 9.97. The molecule has 0 aromatic carbocycles. The molecule has 0 bridgehead atoms. The summed E-state index contributed by atoms with van der Waals surface area (Å²) in [6.45, 7) is 1.42. The second-order valence-electron chi connectivity index (χ2n) is 2.61. The van der Waals surface area contributed by atoms with Gasteiger partial charge in [0.1, 0.15) is 7.85 Å². The topological polar surface area (TPSA) is 27.1 Å². The van der Waals surface area contributed by atoms with Crippen LogP contribution in [0.4, 0.5) is 0 Å². The van der Waals surface area contributed by atoms with Crippen LogP contribution in [0.15, 0.2) is 0 Å². The maximum absolute atomic E-state index is 5.73. The van der Waals surface area contributed by atoms with Crippen molar-refractivity contribution in [3.8, 4) is 0 Å². The maximum atomic E-state index is 5.73. The minimum absolute atomic E-state index is 0.627. The van der Waals surface area contributed by atoms with Gasteiger partial charge in [0, 0.05) is 17.6 Å². The van der Waals surface area contributed by atoms with E-state index in [1.807, 2.05) is 4.45 Å². The normalized spacial score (nSPS) is 17.1. The third kappa shape index (κ3) is 1.42. The highest BCUT2D eigenvalue weighted by atomic mass is 127. The van der Waals surface area contributed by atoms with Gasteiger partial charge in [-0.3, -0.25) is 0 Å². The number of fused-ring (bicyclic) bond motifs is 1. The van der Waals surface area contributed by atoms with E-state index in [-0.39, 0.29) is 0 Å². The summed E-state index contributed by atoms with van der Waals surface area (Å²) in [5.74, 6) is 0. The lowest BCUT2D eigenvalue weighted by molar-refractivity contribution is 0.110. The van der Waals surface area contributed by atoms with E-state index in [9.17, 15) is 0 Å². The van der Waals surface area contributed by atoms with E-state index < -0.39 is 0 Å². The van der Waals surface area contributed by atoms with Crippen LogP contribution in [0.25, 0.3) is 0 Å². The number of ether oxygens (including phenoxy) is 1. The van der Waals surface area contributed by atoms with Crippen LogP contribution in [-0.2, 0) is 17.8 Å². The Labute approximate surface area is 87.0 Å². The average molecular weight is 292 g/mol. The summed E-state index contributed by atoms with van der Waals surface area (Å²) in [7, 11) is 5.73. The molecule has 12 heavy (non-hydrogen) atoms. The number of nitrogens with zero attached hydrogens (tertiary/aromatic N) is 2. The summed E-state index contributed by atoms with van der Waals surface area (Å²) in [5.41, 5.74) is 2.98. The quantitative estimate of drug-likeness (QED) is 0.429. The van der Waals surface area contributed by atoms with Gasteiger partial charge >= 0.3 is 0 Å². The Morgan fingerprint density at radius 1 is 1.67 bits per heavy atom. The molecular formula is C6H7BIN2OP. The highest BCUT2D eigenvalue weighted by molar-refractivity contribution is 14.2. The van der Waals surface area contributed by atoms with E-state index >= 15 is 0 Å². The third-order valence-corrected chi connectivity index (χ3v) is 3.83. The molecule has 0 fully saturated rings. The molecule has 0 N–H and O–H groups in total. The summed E-state index contributed by atoms with van der Waals surface area (Å²) in [4.78, 5) is 0. The summed E-state index contributed by atoms with van der Waals surface area (Å²) >= 11 is 2.30. The zero-order valence-electron chi connectivity index (χ0n) is 6.38. The zero-order valence-corrected chi connectivity index (χ0v) is 9.54. The molecule has 2 rings (SSSR count). The minimum atomic E-state index is 0.627. The van der Waals surface area contributed by atoms with Crippen LogP contribution in [0.1, 0.15) is 11.3 Å². The third-order valence-electron chi connectivity index (χ3n) is 1.93. The Hall–Kier alpha value is 0.395. The molecule has 3 nitrogen and oxygen atoms in total. The van der Waals surface area contributed by atoms with Gasteiger partial charge in [0.15, 0.2) is 0 Å². The fourth-order valence-corrected chi connectivity index (χ4v) is 3.02. The van der Waals surface area contributed by atoms with Gasteiger partial charge in [-0.15, -0.1) is 0 Å². The molecule has 0 aliphatic carbocycles. The van der Waals surface area contributed by atoms with Gasteiger partial charge in [0.2, 0.25) is 0 Å². The molecule has 2 heterocycles. The van der Waals surface area contributed by atoms with Crippen molar-refractivity contribution in [3.05, 3.63) is 11.3 Å². The summed E-state index contributed by atoms with van der Waals surface area (Å²) < 4.78 is 7.28. The van der Waals surface area contributed by atoms with Crippen LogP contribution in [0.2, 0.25) is 0 Å². The lowest BCUT2D eigenvalue weighted by Gasteiger charge is -2.13. The van der Waals surface area contributed by atoms with Crippen LogP contribution in [-0.4, -0.2) is 24.0 Å². The lowest BCUT2D eigenvalue weighted by Crippen LogP contribution is -2.16. The Balaban J connectivity index is 2.47. The number of rotatable bonds is 1. The van der Waals surface area contributed by atoms with Crippen LogP contribution in [0.5, 0.6) is 0 Å². The molecule has 6 heteroatoms. The monoisotopic (exact) mass is 292 g/mol. The van der Waals surface area contributed by atoms with Gasteiger partial charge in [-0.1, -0.05) is 0 Å². The standard InChI is InChI=1S/C6H7BIN2OP/c7-6-4-3-11-2-1-5(4)10(9-6)12-8/h12H,1-3H2. The molecule has 0 spiro atoms. The Bertz CT molecular complexity index is 304. The summed E-state index contributed by atoms with van der Waals surface area (Å²) in [6, 6.07) is 0. The van der Waals surface area contributed by atoms with Crippen molar-refractivity contribution >= 4 is 41.9 Å². The van der Waals surface area contributed by atoms with Crippen molar-refractivity contribution in [2.45, 2.75) is 13.0 Å². The summed E-state index contributed by atoms with van der Waals surface area (Å²) in [5, 5.41) is 4.23. The molecule has 2 radical (unpaired) electrons. The molecule has 0 saturated carbocycles. The molecule has 1 atom stereocenters. The Kier molecular flexibility index (Phi) is 2.72. The smallest absolute Gasteiger partial charge is 0.144 e. The molecule has 0 saturated heterocycles. The minimum Gasteiger partial charge on any atom is -0.376 e. The van der Waals surface area contributed by atoms with Gasteiger partial charge in [-0.2, -0.15) is 5.10 Å². The Morgan fingerprint density at radius 2 is 2.50 bits per heavy atom. The van der Waals surface area contributed by atoms with Crippen molar-refractivity contribution in [3.63, 3.8) is 0 Å². The fraction of sp³-hybridized carbons (Fsp3) is 0.500. The predicted octanol–water partition coefficient (Wildman–Crippen LogP) is 0.541. The van der Waals surface area contributed by atoms with Crippen LogP contribution in [0, 0.1) is 0 Å². The first-order chi connectivity index (χ1) is 5.83. The molecule has 1 aromatic heterocycles. The molecule has 1 aliphatic rings. The molecule has 0 amide bonds. The predicted molar refractivity (Wildman–Crippen MR) is 58.7 cm³/mol. The van der Waals surface area contributed by atoms with Gasteiger partial charge in [0.05, 0.1) is 25.3 Å².